The zero-order chi connectivity index (χ0) is 16.8. The van der Waals surface area contributed by atoms with Gasteiger partial charge in [0.15, 0.2) is 0 Å². The lowest BCUT2D eigenvalue weighted by atomic mass is 10.1. The summed E-state index contributed by atoms with van der Waals surface area (Å²) in [6.45, 7) is 7.29. The number of amides is 1. The van der Waals surface area contributed by atoms with Gasteiger partial charge in [-0.3, -0.25) is 14.6 Å². The molecule has 0 aromatic carbocycles. The predicted octanol–water partition coefficient (Wildman–Crippen LogP) is -0.785. The van der Waals surface area contributed by atoms with Gasteiger partial charge in [0.2, 0.25) is 5.91 Å². The van der Waals surface area contributed by atoms with Gasteiger partial charge in [-0.1, -0.05) is 6.08 Å². The van der Waals surface area contributed by atoms with E-state index in [9.17, 15) is 9.90 Å². The Morgan fingerprint density at radius 3 is 2.46 bits per heavy atom. The molecule has 0 spiro atoms. The lowest BCUT2D eigenvalue weighted by Crippen LogP contribution is -2.51. The van der Waals surface area contributed by atoms with Crippen LogP contribution in [0.1, 0.15) is 12.8 Å². The Bertz CT molecular complexity index is 434. The van der Waals surface area contributed by atoms with E-state index < -0.39 is 6.10 Å². The molecule has 0 radical (unpaired) electrons. The highest BCUT2D eigenvalue weighted by atomic mass is 16.5. The van der Waals surface area contributed by atoms with Crippen LogP contribution in [-0.4, -0.2) is 98.2 Å². The van der Waals surface area contributed by atoms with Crippen LogP contribution >= 0.6 is 0 Å². The van der Waals surface area contributed by atoms with E-state index in [1.165, 1.54) is 0 Å². The predicted molar refractivity (Wildman–Crippen MR) is 89.8 cm³/mol. The smallest absolute Gasteiger partial charge is 0.244 e. The Morgan fingerprint density at radius 1 is 1.08 bits per heavy atom. The molecule has 3 fully saturated rings. The highest BCUT2D eigenvalue weighted by Gasteiger charge is 2.39. The van der Waals surface area contributed by atoms with Crippen LogP contribution in [0.4, 0.5) is 0 Å². The molecular formula is C17H29N3O4. The van der Waals surface area contributed by atoms with Crippen LogP contribution < -0.4 is 5.32 Å². The van der Waals surface area contributed by atoms with E-state index in [0.717, 1.165) is 72.0 Å². The van der Waals surface area contributed by atoms with Gasteiger partial charge < -0.3 is 19.9 Å². The molecule has 7 nitrogen and oxygen atoms in total. The van der Waals surface area contributed by atoms with E-state index in [1.807, 2.05) is 6.08 Å². The van der Waals surface area contributed by atoms with Crippen LogP contribution in [-0.2, 0) is 14.3 Å². The average Bonchev–Trinajstić information content (AvgIpc) is 2.97. The maximum absolute atomic E-state index is 12.1. The fraction of sp³-hybridized carbons (Fsp3) is 0.824. The topological polar surface area (TPSA) is 74.3 Å². The van der Waals surface area contributed by atoms with E-state index >= 15 is 0 Å². The normalized spacial score (nSPS) is 33.1. The van der Waals surface area contributed by atoms with Crippen molar-refractivity contribution in [2.45, 2.75) is 31.0 Å². The summed E-state index contributed by atoms with van der Waals surface area (Å²) in [6.07, 6.45) is 4.72. The fourth-order valence-electron chi connectivity index (χ4n) is 3.75. The minimum Gasteiger partial charge on any atom is -0.389 e. The summed E-state index contributed by atoms with van der Waals surface area (Å²) in [5, 5.41) is 13.5. The van der Waals surface area contributed by atoms with Crippen LogP contribution in [0.3, 0.4) is 0 Å². The summed E-state index contributed by atoms with van der Waals surface area (Å²) in [7, 11) is 0. The molecule has 0 unspecified atom stereocenters. The molecule has 0 aromatic rings. The Kier molecular flexibility index (Phi) is 6.62. The molecule has 2 saturated heterocycles. The third-order valence-corrected chi connectivity index (χ3v) is 5.16. The van der Waals surface area contributed by atoms with Crippen molar-refractivity contribution in [1.29, 1.82) is 0 Å². The first-order valence-corrected chi connectivity index (χ1v) is 9.01. The molecule has 7 heteroatoms. The Morgan fingerprint density at radius 2 is 1.75 bits per heavy atom. The maximum atomic E-state index is 12.1. The van der Waals surface area contributed by atoms with Gasteiger partial charge >= 0.3 is 0 Å². The number of aliphatic hydroxyl groups is 1. The van der Waals surface area contributed by atoms with E-state index in [1.54, 1.807) is 6.08 Å². The Labute approximate surface area is 143 Å². The number of nitrogens with one attached hydrogen (secondary N) is 1. The second kappa shape index (κ2) is 8.92. The summed E-state index contributed by atoms with van der Waals surface area (Å²) in [6, 6.07) is -0.0186. The summed E-state index contributed by atoms with van der Waals surface area (Å²) in [5.41, 5.74) is 0. The third-order valence-electron chi connectivity index (χ3n) is 5.16. The number of hydrogen-bond acceptors (Lipinski definition) is 6. The summed E-state index contributed by atoms with van der Waals surface area (Å²) < 4.78 is 10.7. The number of hydrogen-bond donors (Lipinski definition) is 2. The van der Waals surface area contributed by atoms with Crippen molar-refractivity contribution in [1.82, 2.24) is 15.1 Å². The molecule has 2 aliphatic heterocycles. The number of aliphatic hydroxyl groups excluding tert-OH is 1. The van der Waals surface area contributed by atoms with Gasteiger partial charge in [0.25, 0.3) is 0 Å². The highest BCUT2D eigenvalue weighted by molar-refractivity contribution is 5.87. The number of carbonyl (C=O) groups excluding carboxylic acids is 1. The molecule has 24 heavy (non-hydrogen) atoms. The van der Waals surface area contributed by atoms with Crippen molar-refractivity contribution in [2.75, 3.05) is 59.2 Å². The number of morpholine rings is 2. The zero-order valence-electron chi connectivity index (χ0n) is 14.2. The summed E-state index contributed by atoms with van der Waals surface area (Å²) in [4.78, 5) is 16.6. The molecule has 3 aliphatic rings. The molecule has 0 bridgehead atoms. The molecule has 2 heterocycles. The van der Waals surface area contributed by atoms with Crippen molar-refractivity contribution in [3.05, 3.63) is 12.2 Å². The minimum atomic E-state index is -0.500. The summed E-state index contributed by atoms with van der Waals surface area (Å²) in [5.74, 6) is -0.116. The number of nitrogens with zero attached hydrogens (tertiary/aromatic N) is 2. The first kappa shape index (κ1) is 17.8. The number of rotatable bonds is 5. The van der Waals surface area contributed by atoms with Gasteiger partial charge in [0.05, 0.1) is 38.6 Å². The van der Waals surface area contributed by atoms with Crippen LogP contribution in [0.2, 0.25) is 0 Å². The van der Waals surface area contributed by atoms with Gasteiger partial charge in [-0.25, -0.2) is 0 Å². The maximum Gasteiger partial charge on any atom is 0.244 e. The number of ether oxygens (including phenoxy) is 2. The van der Waals surface area contributed by atoms with Gasteiger partial charge in [0, 0.05) is 44.8 Å². The lowest BCUT2D eigenvalue weighted by molar-refractivity contribution is -0.118. The molecular weight excluding hydrogens is 310 g/mol. The fourth-order valence-corrected chi connectivity index (χ4v) is 3.75. The quantitative estimate of drug-likeness (QED) is 0.640. The molecule has 0 aromatic heterocycles. The molecule has 136 valence electrons. The van der Waals surface area contributed by atoms with Crippen LogP contribution in [0, 0.1) is 0 Å². The van der Waals surface area contributed by atoms with E-state index in [2.05, 4.69) is 15.1 Å². The van der Waals surface area contributed by atoms with Crippen molar-refractivity contribution in [3.8, 4) is 0 Å². The number of carbonyl (C=O) groups is 1. The minimum absolute atomic E-state index is 0.116. The van der Waals surface area contributed by atoms with E-state index in [0.29, 0.717) is 0 Å². The van der Waals surface area contributed by atoms with Crippen LogP contribution in [0.15, 0.2) is 12.2 Å². The van der Waals surface area contributed by atoms with Gasteiger partial charge in [-0.05, 0) is 12.8 Å². The molecule has 1 aliphatic carbocycles. The van der Waals surface area contributed by atoms with Crippen molar-refractivity contribution >= 4 is 5.91 Å². The largest absolute Gasteiger partial charge is 0.389 e. The van der Waals surface area contributed by atoms with Gasteiger partial charge in [0.1, 0.15) is 0 Å². The first-order valence-electron chi connectivity index (χ1n) is 9.01. The third kappa shape index (κ3) is 4.77. The van der Waals surface area contributed by atoms with Crippen LogP contribution in [0.25, 0.3) is 0 Å². The molecule has 3 rings (SSSR count). The first-order chi connectivity index (χ1) is 11.7. The highest BCUT2D eigenvalue weighted by Crippen LogP contribution is 2.25. The molecule has 1 saturated carbocycles. The SMILES string of the molecule is O=C(C=CCN1CCOCC1)N[C@@H]1CC[C@@H](N2CCOCC2)[C@@H]1O. The second-order valence-electron chi connectivity index (χ2n) is 6.71. The zero-order valence-corrected chi connectivity index (χ0v) is 14.2. The van der Waals surface area contributed by atoms with E-state index in [-0.39, 0.29) is 18.0 Å². The Hall–Kier alpha value is -0.990. The van der Waals surface area contributed by atoms with E-state index in [4.69, 9.17) is 9.47 Å². The van der Waals surface area contributed by atoms with Crippen molar-refractivity contribution in [2.24, 2.45) is 0 Å². The summed E-state index contributed by atoms with van der Waals surface area (Å²) >= 11 is 0. The average molecular weight is 339 g/mol. The van der Waals surface area contributed by atoms with Crippen molar-refractivity contribution in [3.63, 3.8) is 0 Å². The molecule has 1 amide bonds. The van der Waals surface area contributed by atoms with Crippen molar-refractivity contribution < 1.29 is 19.4 Å². The van der Waals surface area contributed by atoms with Crippen LogP contribution in [0.5, 0.6) is 0 Å². The van der Waals surface area contributed by atoms with Gasteiger partial charge in [-0.15, -0.1) is 0 Å². The molecule has 2 N–H and O–H groups in total. The standard InChI is InChI=1S/C17H29N3O4/c21-16(2-1-5-19-6-10-23-11-7-19)18-14-3-4-15(17(14)22)20-8-12-24-13-9-20/h1-2,14-15,17,22H,3-13H2,(H,18,21)/t14-,15-,17-/m1/s1. The van der Waals surface area contributed by atoms with Gasteiger partial charge in [-0.2, -0.15) is 0 Å². The molecule has 3 atom stereocenters. The lowest BCUT2D eigenvalue weighted by Gasteiger charge is -2.34. The Balaban J connectivity index is 1.41. The monoisotopic (exact) mass is 339 g/mol. The second-order valence-corrected chi connectivity index (χ2v) is 6.71.